The highest BCUT2D eigenvalue weighted by Gasteiger charge is 2.39. The molecule has 0 saturated carbocycles. The Balaban J connectivity index is 1.89. The van der Waals surface area contributed by atoms with E-state index in [4.69, 9.17) is 9.47 Å². The Kier molecular flexibility index (Phi) is 7.27. The molecule has 165 valence electrons. The Hall–Kier alpha value is -3.65. The summed E-state index contributed by atoms with van der Waals surface area (Å²) in [5, 5.41) is 0. The van der Waals surface area contributed by atoms with Gasteiger partial charge in [0, 0.05) is 0 Å². The minimum atomic E-state index is -4.41. The molecular formula is C24H22NO6S. The number of amides is 1. The van der Waals surface area contributed by atoms with Gasteiger partial charge in [-0.1, -0.05) is 60.2 Å². The number of carbonyl (C=O) groups excluding carboxylic acids is 2. The van der Waals surface area contributed by atoms with Crippen molar-refractivity contribution in [2.75, 3.05) is 0 Å². The summed E-state index contributed by atoms with van der Waals surface area (Å²) in [6.07, 6.45) is -1.18. The van der Waals surface area contributed by atoms with E-state index in [1.54, 1.807) is 61.5 Å². The summed E-state index contributed by atoms with van der Waals surface area (Å²) in [6, 6.07) is 22.1. The van der Waals surface area contributed by atoms with E-state index in [0.717, 1.165) is 5.56 Å². The maximum Gasteiger partial charge on any atom is 0.424 e. The van der Waals surface area contributed by atoms with E-state index >= 15 is 0 Å². The molecular weight excluding hydrogens is 430 g/mol. The molecule has 32 heavy (non-hydrogen) atoms. The van der Waals surface area contributed by atoms with Crippen molar-refractivity contribution in [3.8, 4) is 5.75 Å². The molecule has 1 amide bonds. The van der Waals surface area contributed by atoms with Crippen LogP contribution in [0.3, 0.4) is 0 Å². The lowest BCUT2D eigenvalue weighted by molar-refractivity contribution is -0.137. The van der Waals surface area contributed by atoms with Crippen molar-refractivity contribution in [2.24, 2.45) is 0 Å². The molecule has 0 fully saturated rings. The maximum atomic E-state index is 13.3. The van der Waals surface area contributed by atoms with Crippen LogP contribution >= 0.6 is 0 Å². The van der Waals surface area contributed by atoms with Crippen molar-refractivity contribution in [3.05, 3.63) is 96.1 Å². The van der Waals surface area contributed by atoms with Crippen LogP contribution in [0.25, 0.3) is 0 Å². The summed E-state index contributed by atoms with van der Waals surface area (Å²) < 4.78 is 37.5. The van der Waals surface area contributed by atoms with Crippen molar-refractivity contribution in [1.82, 2.24) is 4.31 Å². The Morgan fingerprint density at radius 2 is 1.59 bits per heavy atom. The quantitative estimate of drug-likeness (QED) is 0.396. The molecule has 0 saturated heterocycles. The summed E-state index contributed by atoms with van der Waals surface area (Å²) in [5.74, 6) is -0.727. The van der Waals surface area contributed by atoms with Crippen molar-refractivity contribution in [2.45, 2.75) is 31.4 Å². The second-order valence-corrected chi connectivity index (χ2v) is 8.80. The number of esters is 1. The van der Waals surface area contributed by atoms with Crippen LogP contribution in [0.5, 0.6) is 5.75 Å². The van der Waals surface area contributed by atoms with Crippen molar-refractivity contribution >= 4 is 22.1 Å². The molecule has 1 radical (unpaired) electrons. The first-order valence-electron chi connectivity index (χ1n) is 9.78. The Morgan fingerprint density at radius 3 is 2.22 bits per heavy atom. The van der Waals surface area contributed by atoms with Crippen LogP contribution < -0.4 is 4.74 Å². The molecule has 0 aliphatic rings. The molecule has 3 aromatic rings. The number of carbonyl (C=O) groups is 2. The minimum Gasteiger partial charge on any atom is -0.444 e. The van der Waals surface area contributed by atoms with Gasteiger partial charge >= 0.3 is 12.1 Å². The molecule has 0 aliphatic heterocycles. The van der Waals surface area contributed by atoms with Gasteiger partial charge in [-0.25, -0.2) is 18.0 Å². The van der Waals surface area contributed by atoms with Gasteiger partial charge in [0.1, 0.15) is 18.4 Å². The first-order valence-corrected chi connectivity index (χ1v) is 11.2. The number of rotatable bonds is 7. The lowest BCUT2D eigenvalue weighted by Gasteiger charge is -2.26. The van der Waals surface area contributed by atoms with Crippen LogP contribution in [0.1, 0.15) is 18.1 Å². The Morgan fingerprint density at radius 1 is 0.969 bits per heavy atom. The maximum absolute atomic E-state index is 13.3. The van der Waals surface area contributed by atoms with Crippen LogP contribution in [0.15, 0.2) is 83.8 Å². The zero-order valence-corrected chi connectivity index (χ0v) is 18.4. The number of aryl methyl sites for hydroxylation is 1. The highest BCUT2D eigenvalue weighted by molar-refractivity contribution is 7.89. The second kappa shape index (κ2) is 10.1. The van der Waals surface area contributed by atoms with Crippen molar-refractivity contribution in [1.29, 1.82) is 0 Å². The van der Waals surface area contributed by atoms with Gasteiger partial charge in [0.25, 0.3) is 10.0 Å². The third-order valence-electron chi connectivity index (χ3n) is 4.56. The topological polar surface area (TPSA) is 90.0 Å². The predicted molar refractivity (Wildman–Crippen MR) is 117 cm³/mol. The van der Waals surface area contributed by atoms with Crippen LogP contribution in [0, 0.1) is 13.0 Å². The summed E-state index contributed by atoms with van der Waals surface area (Å²) >= 11 is 0. The van der Waals surface area contributed by atoms with Crippen LogP contribution in [0.4, 0.5) is 4.79 Å². The summed E-state index contributed by atoms with van der Waals surface area (Å²) in [5.41, 5.74) is 1.51. The highest BCUT2D eigenvalue weighted by Crippen LogP contribution is 2.22. The third-order valence-corrected chi connectivity index (χ3v) is 6.41. The van der Waals surface area contributed by atoms with Crippen LogP contribution in [-0.4, -0.2) is 30.8 Å². The van der Waals surface area contributed by atoms with Crippen LogP contribution in [-0.2, 0) is 26.2 Å². The first kappa shape index (κ1) is 23.0. The van der Waals surface area contributed by atoms with Gasteiger partial charge < -0.3 is 9.47 Å². The zero-order chi connectivity index (χ0) is 23.1. The molecule has 1 atom stereocenters. The fraction of sp³-hybridized carbons (Fsp3) is 0.167. The predicted octanol–water partition coefficient (Wildman–Crippen LogP) is 4.12. The second-order valence-electron chi connectivity index (χ2n) is 6.99. The van der Waals surface area contributed by atoms with Gasteiger partial charge in [0.05, 0.1) is 4.90 Å². The molecule has 0 bridgehead atoms. The fourth-order valence-electron chi connectivity index (χ4n) is 2.81. The summed E-state index contributed by atoms with van der Waals surface area (Å²) in [6.45, 7) is 2.92. The molecule has 0 spiro atoms. The molecule has 0 aliphatic carbocycles. The molecule has 8 heteroatoms. The largest absolute Gasteiger partial charge is 0.444 e. The number of hydrogen-bond acceptors (Lipinski definition) is 6. The summed E-state index contributed by atoms with van der Waals surface area (Å²) in [4.78, 5) is 25.5. The average molecular weight is 453 g/mol. The SMILES string of the molecule is Cc1ccc(S(=O)(=O)N(C(=O)OCc2ccccc2)[C@@H](C)C(=O)Oc2cc[c]cc2)cc1. The van der Waals surface area contributed by atoms with Gasteiger partial charge in [-0.3, -0.25) is 0 Å². The Labute approximate surface area is 187 Å². The fourth-order valence-corrected chi connectivity index (χ4v) is 4.27. The summed E-state index contributed by atoms with van der Waals surface area (Å²) in [7, 11) is -4.41. The number of sulfonamides is 1. The van der Waals surface area contributed by atoms with Gasteiger partial charge in [-0.15, -0.1) is 0 Å². The molecule has 0 unspecified atom stereocenters. The molecule has 3 aromatic carbocycles. The number of ether oxygens (including phenoxy) is 2. The number of benzene rings is 3. The van der Waals surface area contributed by atoms with E-state index in [1.807, 2.05) is 0 Å². The van der Waals surface area contributed by atoms with Crippen molar-refractivity contribution in [3.63, 3.8) is 0 Å². The average Bonchev–Trinajstić information content (AvgIpc) is 2.79. The van der Waals surface area contributed by atoms with Gasteiger partial charge in [0.15, 0.2) is 0 Å². The van der Waals surface area contributed by atoms with Gasteiger partial charge in [0.2, 0.25) is 0 Å². The molecule has 0 heterocycles. The van der Waals surface area contributed by atoms with Gasteiger partial charge in [-0.2, -0.15) is 4.31 Å². The monoisotopic (exact) mass is 452 g/mol. The first-order chi connectivity index (χ1) is 15.3. The minimum absolute atomic E-state index is 0.145. The smallest absolute Gasteiger partial charge is 0.424 e. The van der Waals surface area contributed by atoms with Crippen LogP contribution in [0.2, 0.25) is 0 Å². The highest BCUT2D eigenvalue weighted by atomic mass is 32.2. The van der Waals surface area contributed by atoms with E-state index < -0.39 is 28.1 Å². The van der Waals surface area contributed by atoms with E-state index in [1.165, 1.54) is 31.2 Å². The Bertz CT molecular complexity index is 1160. The zero-order valence-electron chi connectivity index (χ0n) is 17.6. The number of hydrogen-bond donors (Lipinski definition) is 0. The molecule has 0 N–H and O–H groups in total. The lowest BCUT2D eigenvalue weighted by atomic mass is 10.2. The number of nitrogens with zero attached hydrogens (tertiary/aromatic N) is 1. The normalized spacial score (nSPS) is 11.9. The molecule has 0 aromatic heterocycles. The van der Waals surface area contributed by atoms with E-state index in [-0.39, 0.29) is 17.3 Å². The molecule has 3 rings (SSSR count). The standard InChI is InChI=1S/C24H22NO6S/c1-18-13-15-22(16-14-18)32(28,29)25(24(27)30-17-20-9-5-3-6-10-20)19(2)23(26)31-21-11-7-4-8-12-21/h3,5-16,19H,17H2,1-2H3/t19-/m0/s1. The lowest BCUT2D eigenvalue weighted by Crippen LogP contribution is -2.48. The van der Waals surface area contributed by atoms with Crippen molar-refractivity contribution < 1.29 is 27.5 Å². The third kappa shape index (κ3) is 5.53. The van der Waals surface area contributed by atoms with E-state index in [2.05, 4.69) is 6.07 Å². The molecule has 7 nitrogen and oxygen atoms in total. The van der Waals surface area contributed by atoms with E-state index in [0.29, 0.717) is 9.87 Å². The van der Waals surface area contributed by atoms with Gasteiger partial charge in [-0.05, 0) is 49.7 Å². The van der Waals surface area contributed by atoms with E-state index in [9.17, 15) is 18.0 Å².